The van der Waals surface area contributed by atoms with Crippen LogP contribution >= 0.6 is 0 Å². The van der Waals surface area contributed by atoms with Gasteiger partial charge in [0.2, 0.25) is 0 Å². The average molecular weight is 541 g/mol. The minimum Gasteiger partial charge on any atom is -0.0628 e. The summed E-state index contributed by atoms with van der Waals surface area (Å²) >= 11 is 0. The first-order valence-corrected chi connectivity index (χ1v) is 17.1. The molecule has 2 unspecified atom stereocenters. The van der Waals surface area contributed by atoms with Crippen molar-refractivity contribution in [1.82, 2.24) is 0 Å². The minimum absolute atomic E-state index is 0.843. The van der Waals surface area contributed by atoms with Gasteiger partial charge in [0.1, 0.15) is 0 Å². The molecule has 38 heavy (non-hydrogen) atoms. The largest absolute Gasteiger partial charge is 0.0628 e. The maximum absolute atomic E-state index is 2.40. The van der Waals surface area contributed by atoms with E-state index in [9.17, 15) is 0 Å². The van der Waals surface area contributed by atoms with E-state index in [0.717, 1.165) is 71.0 Å². The van der Waals surface area contributed by atoms with Gasteiger partial charge in [0.15, 0.2) is 0 Å². The molecule has 0 spiro atoms. The SMILES string of the molecule is CC(C)C(C)C(C)C.CC(C)CC(C)C.CC(C)CC(C)CC(C)C.CC(C)CC(C)CC(C)CC(C)C. The summed E-state index contributed by atoms with van der Waals surface area (Å²) in [6.45, 7) is 46.2. The fraction of sp³-hybridized carbons (Fsp3) is 1.00. The van der Waals surface area contributed by atoms with Gasteiger partial charge in [-0.1, -0.05) is 138 Å². The smallest absolute Gasteiger partial charge is 0.0396 e. The molecule has 0 aromatic rings. The molecular formula is C38H84. The summed E-state index contributed by atoms with van der Waals surface area (Å²) in [5.41, 5.74) is 0. The Morgan fingerprint density at radius 3 is 0.526 bits per heavy atom. The second kappa shape index (κ2) is 27.2. The monoisotopic (exact) mass is 541 g/mol. The zero-order valence-electron chi connectivity index (χ0n) is 31.2. The van der Waals surface area contributed by atoms with Crippen molar-refractivity contribution < 1.29 is 0 Å². The second-order valence-electron chi connectivity index (χ2n) is 16.4. The second-order valence-corrected chi connectivity index (χ2v) is 16.4. The highest BCUT2D eigenvalue weighted by atomic mass is 14.2. The Morgan fingerprint density at radius 1 is 0.237 bits per heavy atom. The Bertz CT molecular complexity index is 399. The van der Waals surface area contributed by atoms with Crippen molar-refractivity contribution in [3.8, 4) is 0 Å². The molecule has 0 heteroatoms. The molecule has 0 heterocycles. The molecule has 0 radical (unpaired) electrons. The Balaban J connectivity index is -0.000000209. The van der Waals surface area contributed by atoms with Gasteiger partial charge >= 0.3 is 0 Å². The van der Waals surface area contributed by atoms with Crippen LogP contribution < -0.4 is 0 Å². The highest BCUT2D eigenvalue weighted by molar-refractivity contribution is 4.63. The van der Waals surface area contributed by atoms with Gasteiger partial charge in [0.25, 0.3) is 0 Å². The fourth-order valence-corrected chi connectivity index (χ4v) is 5.91. The van der Waals surface area contributed by atoms with Crippen molar-refractivity contribution in [3.63, 3.8) is 0 Å². The van der Waals surface area contributed by atoms with E-state index in [1.165, 1.54) is 38.5 Å². The molecule has 2 atom stereocenters. The van der Waals surface area contributed by atoms with Crippen LogP contribution in [0.25, 0.3) is 0 Å². The van der Waals surface area contributed by atoms with E-state index in [0.29, 0.717) is 0 Å². The van der Waals surface area contributed by atoms with Gasteiger partial charge in [-0.15, -0.1) is 0 Å². The van der Waals surface area contributed by atoms with Crippen molar-refractivity contribution in [2.45, 2.75) is 177 Å². The van der Waals surface area contributed by atoms with Gasteiger partial charge in [-0.3, -0.25) is 0 Å². The minimum atomic E-state index is 0.843. The lowest BCUT2D eigenvalue weighted by Crippen LogP contribution is -2.10. The summed E-state index contributed by atoms with van der Waals surface area (Å²) in [5, 5.41) is 0. The van der Waals surface area contributed by atoms with Crippen LogP contribution in [0.2, 0.25) is 0 Å². The highest BCUT2D eigenvalue weighted by Gasteiger charge is 2.12. The van der Waals surface area contributed by atoms with Crippen molar-refractivity contribution in [2.75, 3.05) is 0 Å². The fourth-order valence-electron chi connectivity index (χ4n) is 5.91. The summed E-state index contributed by atoms with van der Waals surface area (Å²) < 4.78 is 0. The molecule has 0 nitrogen and oxygen atoms in total. The quantitative estimate of drug-likeness (QED) is 0.205. The maximum atomic E-state index is 2.40. The first kappa shape index (κ1) is 45.0. The van der Waals surface area contributed by atoms with Gasteiger partial charge < -0.3 is 0 Å². The third-order valence-corrected chi connectivity index (χ3v) is 7.35. The molecule has 0 rings (SSSR count). The Morgan fingerprint density at radius 2 is 0.421 bits per heavy atom. The van der Waals surface area contributed by atoms with E-state index >= 15 is 0 Å². The molecular weight excluding hydrogens is 456 g/mol. The van der Waals surface area contributed by atoms with Crippen LogP contribution in [0.4, 0.5) is 0 Å². The molecule has 0 aliphatic heterocycles. The summed E-state index contributed by atoms with van der Waals surface area (Å²) in [5.74, 6) is 10.5. The zero-order valence-corrected chi connectivity index (χ0v) is 31.2. The number of rotatable bonds is 14. The van der Waals surface area contributed by atoms with Crippen molar-refractivity contribution >= 4 is 0 Å². The third kappa shape index (κ3) is 43.1. The molecule has 0 aromatic carbocycles. The zero-order chi connectivity index (χ0) is 31.2. The van der Waals surface area contributed by atoms with E-state index in [1.807, 2.05) is 0 Å². The lowest BCUT2D eigenvalue weighted by Gasteiger charge is -2.20. The van der Waals surface area contributed by atoms with Gasteiger partial charge in [-0.25, -0.2) is 0 Å². The van der Waals surface area contributed by atoms with Crippen LogP contribution in [-0.2, 0) is 0 Å². The summed E-state index contributed by atoms with van der Waals surface area (Å²) in [7, 11) is 0. The van der Waals surface area contributed by atoms with Gasteiger partial charge in [0, 0.05) is 0 Å². The highest BCUT2D eigenvalue weighted by Crippen LogP contribution is 2.23. The molecule has 0 aliphatic rings. The first-order chi connectivity index (χ1) is 17.1. The van der Waals surface area contributed by atoms with Crippen LogP contribution in [-0.4, -0.2) is 0 Å². The lowest BCUT2D eigenvalue weighted by molar-refractivity contribution is 0.316. The Hall–Kier alpha value is 0. The van der Waals surface area contributed by atoms with E-state index in [4.69, 9.17) is 0 Å². The standard InChI is InChI=1S/C13H28.C10H22.C8H18.C7H16/c1-10(2)7-12(5)9-13(6)8-11(3)4;1-8(2)6-10(5)7-9(3)4;1-6(2)8(5)7(3)4;1-6(2)5-7(3)4/h10-13H,7-9H2,1-6H3;8-10H,6-7H2,1-5H3;6-8H,1-5H3;6-7H,5H2,1-4H3. The van der Waals surface area contributed by atoms with Crippen LogP contribution in [0, 0.1) is 71.0 Å². The normalized spacial score (nSPS) is 13.4. The molecule has 0 aliphatic carbocycles. The average Bonchev–Trinajstić information content (AvgIpc) is 2.64. The van der Waals surface area contributed by atoms with Gasteiger partial charge in [-0.05, 0) is 110 Å². The first-order valence-electron chi connectivity index (χ1n) is 17.1. The lowest BCUT2D eigenvalue weighted by atomic mass is 9.86. The predicted octanol–water partition coefficient (Wildman–Crippen LogP) is 14.1. The third-order valence-electron chi connectivity index (χ3n) is 7.35. The number of hydrogen-bond donors (Lipinski definition) is 0. The molecule has 0 aromatic heterocycles. The van der Waals surface area contributed by atoms with Crippen LogP contribution in [0.3, 0.4) is 0 Å². The Kier molecular flexibility index (Phi) is 32.2. The van der Waals surface area contributed by atoms with Gasteiger partial charge in [0.05, 0.1) is 0 Å². The van der Waals surface area contributed by atoms with Crippen LogP contribution in [0.1, 0.15) is 177 Å². The van der Waals surface area contributed by atoms with Crippen LogP contribution in [0.5, 0.6) is 0 Å². The van der Waals surface area contributed by atoms with Crippen molar-refractivity contribution in [1.29, 1.82) is 0 Å². The molecule has 0 saturated carbocycles. The summed E-state index contributed by atoms with van der Waals surface area (Å²) in [6, 6.07) is 0. The molecule has 0 amide bonds. The van der Waals surface area contributed by atoms with Crippen molar-refractivity contribution in [2.24, 2.45) is 71.0 Å². The van der Waals surface area contributed by atoms with Crippen molar-refractivity contribution in [3.05, 3.63) is 0 Å². The molecule has 0 saturated heterocycles. The predicted molar refractivity (Wildman–Crippen MR) is 183 cm³/mol. The topological polar surface area (TPSA) is 0 Å². The number of hydrogen-bond acceptors (Lipinski definition) is 0. The van der Waals surface area contributed by atoms with Gasteiger partial charge in [-0.2, -0.15) is 0 Å². The molecule has 0 N–H and O–H groups in total. The molecule has 0 fully saturated rings. The summed E-state index contributed by atoms with van der Waals surface area (Å²) in [6.07, 6.45) is 8.33. The maximum Gasteiger partial charge on any atom is -0.0396 e. The van der Waals surface area contributed by atoms with E-state index in [1.54, 1.807) is 0 Å². The van der Waals surface area contributed by atoms with E-state index in [2.05, 4.69) is 138 Å². The summed E-state index contributed by atoms with van der Waals surface area (Å²) in [4.78, 5) is 0. The van der Waals surface area contributed by atoms with E-state index in [-0.39, 0.29) is 0 Å². The molecule has 0 bridgehead atoms. The Labute approximate surface area is 247 Å². The molecule has 236 valence electrons. The van der Waals surface area contributed by atoms with Crippen LogP contribution in [0.15, 0.2) is 0 Å². The van der Waals surface area contributed by atoms with E-state index < -0.39 is 0 Å².